The number of hydrogen-bond acceptors (Lipinski definition) is 2. The van der Waals surface area contributed by atoms with Crippen LogP contribution in [0.1, 0.15) is 19.8 Å². The van der Waals surface area contributed by atoms with Crippen LogP contribution in [0.5, 0.6) is 0 Å². The van der Waals surface area contributed by atoms with Gasteiger partial charge < -0.3 is 4.74 Å². The maximum Gasteiger partial charge on any atom is 0.405 e. The summed E-state index contributed by atoms with van der Waals surface area (Å²) in [7, 11) is 0. The van der Waals surface area contributed by atoms with Crippen LogP contribution in [0, 0.1) is 17.3 Å². The summed E-state index contributed by atoms with van der Waals surface area (Å²) in [5.41, 5.74) is -2.29. The number of hydrogen-bond donors (Lipinski definition) is 0. The molecule has 16 heavy (non-hydrogen) atoms. The average Bonchev–Trinajstić information content (AvgIpc) is 2.75. The van der Waals surface area contributed by atoms with Crippen LogP contribution < -0.4 is 0 Å². The summed E-state index contributed by atoms with van der Waals surface area (Å²) in [5.74, 6) is -1.98. The Kier molecular flexibility index (Phi) is 2.51. The van der Waals surface area contributed by atoms with Gasteiger partial charge in [0.2, 0.25) is 0 Å². The quantitative estimate of drug-likeness (QED) is 0.542. The largest absolute Gasteiger partial charge is 0.465 e. The van der Waals surface area contributed by atoms with Crippen LogP contribution in [0.3, 0.4) is 0 Å². The molecular weight excluding hydrogens is 221 g/mol. The fraction of sp³-hybridized carbons (Fsp3) is 0.727. The van der Waals surface area contributed by atoms with Gasteiger partial charge in [-0.05, 0) is 25.7 Å². The van der Waals surface area contributed by atoms with Crippen molar-refractivity contribution in [3.05, 3.63) is 12.2 Å². The lowest BCUT2D eigenvalue weighted by Crippen LogP contribution is -2.49. The third-order valence-corrected chi connectivity index (χ3v) is 3.53. The molecule has 1 saturated carbocycles. The normalized spacial score (nSPS) is 36.8. The standard InChI is InChI=1S/C11H13F3O2/c1-2-16-9(15)10(11(12,13)14)6-7-3-4-8(10)5-7/h3-4,7-8H,2,5-6H2,1H3/t7-,8-,10-/m1/s1. The van der Waals surface area contributed by atoms with E-state index in [0.717, 1.165) is 0 Å². The average molecular weight is 234 g/mol. The molecule has 0 aromatic heterocycles. The first-order valence-electron chi connectivity index (χ1n) is 5.34. The molecular formula is C11H13F3O2. The number of esters is 1. The number of alkyl halides is 3. The summed E-state index contributed by atoms with van der Waals surface area (Å²) in [5, 5.41) is 0. The van der Waals surface area contributed by atoms with Crippen molar-refractivity contribution in [1.82, 2.24) is 0 Å². The van der Waals surface area contributed by atoms with E-state index in [1.165, 1.54) is 13.0 Å². The third kappa shape index (κ3) is 1.37. The van der Waals surface area contributed by atoms with Gasteiger partial charge in [0.05, 0.1) is 6.61 Å². The number of fused-ring (bicyclic) bond motifs is 2. The van der Waals surface area contributed by atoms with Crippen LogP contribution in [0.15, 0.2) is 12.2 Å². The number of allylic oxidation sites excluding steroid dienone is 2. The Morgan fingerprint density at radius 3 is 2.56 bits per heavy atom. The fourth-order valence-electron chi connectivity index (χ4n) is 2.79. The van der Waals surface area contributed by atoms with E-state index in [9.17, 15) is 18.0 Å². The first kappa shape index (κ1) is 11.5. The highest BCUT2D eigenvalue weighted by Gasteiger charge is 2.69. The lowest BCUT2D eigenvalue weighted by molar-refractivity contribution is -0.241. The summed E-state index contributed by atoms with van der Waals surface area (Å²) in [4.78, 5) is 11.6. The number of carbonyl (C=O) groups is 1. The van der Waals surface area contributed by atoms with Crippen molar-refractivity contribution in [2.24, 2.45) is 17.3 Å². The molecule has 2 aliphatic carbocycles. The predicted octanol–water partition coefficient (Wildman–Crippen LogP) is 2.69. The zero-order chi connectivity index (χ0) is 12.0. The van der Waals surface area contributed by atoms with E-state index in [1.807, 2.05) is 0 Å². The van der Waals surface area contributed by atoms with E-state index in [0.29, 0.717) is 6.42 Å². The van der Waals surface area contributed by atoms with Gasteiger partial charge in [-0.2, -0.15) is 13.2 Å². The number of halogens is 3. The van der Waals surface area contributed by atoms with Crippen LogP contribution in [0.2, 0.25) is 0 Å². The minimum Gasteiger partial charge on any atom is -0.465 e. The SMILES string of the molecule is CCOC(=O)[C@@]1(C(F)(F)F)C[C@@H]2C=C[C@@H]1C2. The highest BCUT2D eigenvalue weighted by atomic mass is 19.4. The predicted molar refractivity (Wildman–Crippen MR) is 50.5 cm³/mol. The summed E-state index contributed by atoms with van der Waals surface area (Å²) in [6.07, 6.45) is -0.981. The molecule has 1 fully saturated rings. The molecule has 2 aliphatic rings. The van der Waals surface area contributed by atoms with Crippen LogP contribution in [0.25, 0.3) is 0 Å². The Morgan fingerprint density at radius 1 is 1.50 bits per heavy atom. The molecule has 2 bridgehead atoms. The smallest absolute Gasteiger partial charge is 0.405 e. The highest BCUT2D eigenvalue weighted by Crippen LogP contribution is 2.60. The molecule has 0 radical (unpaired) electrons. The highest BCUT2D eigenvalue weighted by molar-refractivity contribution is 5.79. The molecule has 0 N–H and O–H groups in total. The molecule has 0 unspecified atom stereocenters. The van der Waals surface area contributed by atoms with E-state index in [4.69, 9.17) is 0 Å². The van der Waals surface area contributed by atoms with Crippen molar-refractivity contribution >= 4 is 5.97 Å². The van der Waals surface area contributed by atoms with Crippen molar-refractivity contribution in [2.75, 3.05) is 6.61 Å². The fourth-order valence-corrected chi connectivity index (χ4v) is 2.79. The number of ether oxygens (including phenoxy) is 1. The molecule has 0 aromatic rings. The maximum atomic E-state index is 13.1. The van der Waals surface area contributed by atoms with Crippen LogP contribution >= 0.6 is 0 Å². The molecule has 5 heteroatoms. The van der Waals surface area contributed by atoms with E-state index in [2.05, 4.69) is 4.74 Å². The van der Waals surface area contributed by atoms with Gasteiger partial charge in [0.25, 0.3) is 0 Å². The third-order valence-electron chi connectivity index (χ3n) is 3.53. The monoisotopic (exact) mass is 234 g/mol. The molecule has 2 rings (SSSR count). The maximum absolute atomic E-state index is 13.1. The topological polar surface area (TPSA) is 26.3 Å². The molecule has 90 valence electrons. The summed E-state index contributed by atoms with van der Waals surface area (Å²) in [6.45, 7) is 1.50. The summed E-state index contributed by atoms with van der Waals surface area (Å²) in [6, 6.07) is 0. The lowest BCUT2D eigenvalue weighted by Gasteiger charge is -2.34. The molecule has 0 heterocycles. The minimum atomic E-state index is -4.52. The van der Waals surface area contributed by atoms with Crippen LogP contribution in [-0.4, -0.2) is 18.8 Å². The van der Waals surface area contributed by atoms with E-state index >= 15 is 0 Å². The van der Waals surface area contributed by atoms with Crippen molar-refractivity contribution < 1.29 is 22.7 Å². The molecule has 0 aliphatic heterocycles. The Morgan fingerprint density at radius 2 is 2.19 bits per heavy atom. The molecule has 0 amide bonds. The van der Waals surface area contributed by atoms with Gasteiger partial charge in [0, 0.05) is 5.92 Å². The van der Waals surface area contributed by atoms with E-state index < -0.39 is 23.5 Å². The van der Waals surface area contributed by atoms with E-state index in [-0.39, 0.29) is 18.9 Å². The zero-order valence-electron chi connectivity index (χ0n) is 8.88. The van der Waals surface area contributed by atoms with Crippen LogP contribution in [0.4, 0.5) is 13.2 Å². The lowest BCUT2D eigenvalue weighted by atomic mass is 9.75. The second-order valence-corrected chi connectivity index (χ2v) is 4.38. The van der Waals surface area contributed by atoms with Gasteiger partial charge in [-0.3, -0.25) is 4.79 Å². The van der Waals surface area contributed by atoms with Gasteiger partial charge in [-0.25, -0.2) is 0 Å². The molecule has 0 saturated heterocycles. The number of rotatable bonds is 2. The Balaban J connectivity index is 2.35. The second-order valence-electron chi connectivity index (χ2n) is 4.38. The van der Waals surface area contributed by atoms with Crippen molar-refractivity contribution in [3.63, 3.8) is 0 Å². The molecule has 2 nitrogen and oxygen atoms in total. The number of carbonyl (C=O) groups excluding carboxylic acids is 1. The minimum absolute atomic E-state index is 0.0161. The van der Waals surface area contributed by atoms with Gasteiger partial charge in [0.15, 0.2) is 5.41 Å². The second kappa shape index (κ2) is 3.50. The first-order chi connectivity index (χ1) is 7.41. The Hall–Kier alpha value is -1.00. The van der Waals surface area contributed by atoms with Gasteiger partial charge in [-0.1, -0.05) is 12.2 Å². The Bertz CT molecular complexity index is 335. The molecule has 3 atom stereocenters. The Labute approximate surface area is 91.5 Å². The van der Waals surface area contributed by atoms with Gasteiger partial charge in [-0.15, -0.1) is 0 Å². The van der Waals surface area contributed by atoms with Crippen molar-refractivity contribution in [1.29, 1.82) is 0 Å². The summed E-state index contributed by atoms with van der Waals surface area (Å²) >= 11 is 0. The van der Waals surface area contributed by atoms with Crippen molar-refractivity contribution in [2.45, 2.75) is 25.9 Å². The summed E-state index contributed by atoms with van der Waals surface area (Å²) < 4.78 is 44.0. The van der Waals surface area contributed by atoms with Crippen molar-refractivity contribution in [3.8, 4) is 0 Å². The van der Waals surface area contributed by atoms with E-state index in [1.54, 1.807) is 6.08 Å². The molecule has 0 spiro atoms. The zero-order valence-corrected chi connectivity index (χ0v) is 8.88. The van der Waals surface area contributed by atoms with Gasteiger partial charge >= 0.3 is 12.1 Å². The first-order valence-corrected chi connectivity index (χ1v) is 5.34. The van der Waals surface area contributed by atoms with Gasteiger partial charge in [0.1, 0.15) is 0 Å². The molecule has 0 aromatic carbocycles. The van der Waals surface area contributed by atoms with Crippen LogP contribution in [-0.2, 0) is 9.53 Å².